The van der Waals surface area contributed by atoms with Gasteiger partial charge in [0.05, 0.1) is 6.04 Å². The molecule has 33 heavy (non-hydrogen) atoms. The Bertz CT molecular complexity index is 1210. The zero-order valence-corrected chi connectivity index (χ0v) is 18.3. The minimum Gasteiger partial charge on any atom is -0.454 e. The van der Waals surface area contributed by atoms with Gasteiger partial charge in [0.1, 0.15) is 12.4 Å². The van der Waals surface area contributed by atoms with Gasteiger partial charge in [0.15, 0.2) is 12.0 Å². The Labute approximate surface area is 192 Å². The monoisotopic (exact) mass is 439 g/mol. The van der Waals surface area contributed by atoms with E-state index in [1.165, 1.54) is 22.3 Å². The summed E-state index contributed by atoms with van der Waals surface area (Å²) in [6.45, 7) is 0.334. The van der Waals surface area contributed by atoms with Crippen LogP contribution in [0.1, 0.15) is 59.0 Å². The standard InChI is InChI=1S/C28H25NO4/c30-16-21-12-13-27(33-21)18-14-19-6-5-7-20(15-18)29(19)28(31)32-17-26-24-10-3-1-8-22(24)23-9-2-4-11-25(23)26/h1-4,8-14,16,19-20,26H,5-7,15,17H2. The maximum atomic E-state index is 13.3. The van der Waals surface area contributed by atoms with E-state index in [-0.39, 0.29) is 24.1 Å². The first kappa shape index (κ1) is 20.0. The molecule has 0 saturated carbocycles. The van der Waals surface area contributed by atoms with Gasteiger partial charge in [-0.25, -0.2) is 4.79 Å². The average molecular weight is 440 g/mol. The van der Waals surface area contributed by atoms with Crippen molar-refractivity contribution < 1.29 is 18.7 Å². The quantitative estimate of drug-likeness (QED) is 0.464. The highest BCUT2D eigenvalue weighted by atomic mass is 16.6. The van der Waals surface area contributed by atoms with Gasteiger partial charge in [0.25, 0.3) is 0 Å². The van der Waals surface area contributed by atoms with Crippen LogP contribution in [0, 0.1) is 0 Å². The Kier molecular flexibility index (Phi) is 4.90. The second kappa shape index (κ2) is 8.07. The molecule has 1 fully saturated rings. The summed E-state index contributed by atoms with van der Waals surface area (Å²) in [5, 5.41) is 0. The van der Waals surface area contributed by atoms with Gasteiger partial charge in [-0.3, -0.25) is 9.69 Å². The number of aldehydes is 1. The van der Waals surface area contributed by atoms with E-state index < -0.39 is 0 Å². The van der Waals surface area contributed by atoms with Crippen molar-refractivity contribution in [2.75, 3.05) is 6.61 Å². The Morgan fingerprint density at radius 2 is 1.73 bits per heavy atom. The fraction of sp³-hybridized carbons (Fsp3) is 0.286. The third kappa shape index (κ3) is 3.39. The van der Waals surface area contributed by atoms with Crippen LogP contribution in [0.25, 0.3) is 16.7 Å². The SMILES string of the molecule is O=Cc1ccc(C2=CC3CCCC(C2)N3C(=O)OCC2c3ccccc3-c3ccccc32)o1. The van der Waals surface area contributed by atoms with Crippen molar-refractivity contribution in [2.24, 2.45) is 0 Å². The number of ether oxygens (including phenoxy) is 1. The highest BCUT2D eigenvalue weighted by Crippen LogP contribution is 2.45. The number of piperidine rings is 1. The number of nitrogens with zero attached hydrogens (tertiary/aromatic N) is 1. The molecule has 2 aliphatic heterocycles. The number of fused-ring (bicyclic) bond motifs is 5. The molecule has 1 saturated heterocycles. The number of hydrogen-bond donors (Lipinski definition) is 0. The minimum absolute atomic E-state index is 0.00654. The molecular formula is C28H25NO4. The number of furan rings is 1. The largest absolute Gasteiger partial charge is 0.454 e. The van der Waals surface area contributed by atoms with Crippen LogP contribution in [0.5, 0.6) is 0 Å². The van der Waals surface area contributed by atoms with Crippen LogP contribution in [0.2, 0.25) is 0 Å². The highest BCUT2D eigenvalue weighted by molar-refractivity contribution is 5.79. The van der Waals surface area contributed by atoms with Crippen molar-refractivity contribution in [1.29, 1.82) is 0 Å². The van der Waals surface area contributed by atoms with E-state index in [0.717, 1.165) is 36.9 Å². The average Bonchev–Trinajstić information content (AvgIpc) is 3.45. The molecule has 0 radical (unpaired) electrons. The van der Waals surface area contributed by atoms with Crippen molar-refractivity contribution in [3.05, 3.63) is 89.4 Å². The van der Waals surface area contributed by atoms with Gasteiger partial charge in [0, 0.05) is 12.0 Å². The molecule has 6 rings (SSSR count). The molecule has 2 unspecified atom stereocenters. The fourth-order valence-electron chi connectivity index (χ4n) is 5.75. The van der Waals surface area contributed by atoms with Crippen molar-refractivity contribution >= 4 is 18.0 Å². The van der Waals surface area contributed by atoms with Crippen LogP contribution in [-0.2, 0) is 4.74 Å². The molecule has 1 aromatic heterocycles. The van der Waals surface area contributed by atoms with Gasteiger partial charge in [-0.1, -0.05) is 54.6 Å². The molecule has 1 amide bonds. The van der Waals surface area contributed by atoms with Gasteiger partial charge >= 0.3 is 6.09 Å². The van der Waals surface area contributed by atoms with E-state index in [9.17, 15) is 9.59 Å². The summed E-state index contributed by atoms with van der Waals surface area (Å²) in [5.74, 6) is 1.11. The second-order valence-corrected chi connectivity index (χ2v) is 9.08. The van der Waals surface area contributed by atoms with E-state index in [2.05, 4.69) is 42.5 Å². The Morgan fingerprint density at radius 3 is 2.39 bits per heavy atom. The van der Waals surface area contributed by atoms with E-state index in [1.54, 1.807) is 6.07 Å². The Balaban J connectivity index is 1.21. The maximum Gasteiger partial charge on any atom is 0.410 e. The van der Waals surface area contributed by atoms with Gasteiger partial charge in [-0.05, 0) is 65.6 Å². The molecule has 166 valence electrons. The molecule has 1 aliphatic carbocycles. The summed E-state index contributed by atoms with van der Waals surface area (Å²) in [7, 11) is 0. The van der Waals surface area contributed by atoms with Gasteiger partial charge < -0.3 is 9.15 Å². The number of carbonyl (C=O) groups is 2. The minimum atomic E-state index is -0.241. The predicted molar refractivity (Wildman–Crippen MR) is 125 cm³/mol. The molecule has 5 nitrogen and oxygen atoms in total. The van der Waals surface area contributed by atoms with Crippen LogP contribution in [-0.4, -0.2) is 36.0 Å². The van der Waals surface area contributed by atoms with E-state index in [0.29, 0.717) is 18.8 Å². The predicted octanol–water partition coefficient (Wildman–Crippen LogP) is 6.05. The Morgan fingerprint density at radius 1 is 1.00 bits per heavy atom. The number of rotatable bonds is 4. The molecule has 5 heteroatoms. The number of carbonyl (C=O) groups excluding carboxylic acids is 2. The van der Waals surface area contributed by atoms with E-state index in [4.69, 9.17) is 9.15 Å². The molecule has 3 aromatic rings. The van der Waals surface area contributed by atoms with Gasteiger partial charge in [-0.15, -0.1) is 0 Å². The van der Waals surface area contributed by atoms with Crippen molar-refractivity contribution in [1.82, 2.24) is 4.90 Å². The second-order valence-electron chi connectivity index (χ2n) is 9.08. The molecule has 2 atom stereocenters. The Hall–Kier alpha value is -3.60. The first-order chi connectivity index (χ1) is 16.2. The van der Waals surface area contributed by atoms with Gasteiger partial charge in [-0.2, -0.15) is 0 Å². The van der Waals surface area contributed by atoms with E-state index >= 15 is 0 Å². The summed E-state index contributed by atoms with van der Waals surface area (Å²) in [4.78, 5) is 26.2. The topological polar surface area (TPSA) is 59.8 Å². The van der Waals surface area contributed by atoms with Crippen LogP contribution >= 0.6 is 0 Å². The zero-order chi connectivity index (χ0) is 22.4. The summed E-state index contributed by atoms with van der Waals surface area (Å²) >= 11 is 0. The summed E-state index contributed by atoms with van der Waals surface area (Å²) < 4.78 is 11.6. The number of hydrogen-bond acceptors (Lipinski definition) is 4. The number of benzene rings is 2. The third-order valence-electron chi connectivity index (χ3n) is 7.24. The highest BCUT2D eigenvalue weighted by Gasteiger charge is 2.39. The maximum absolute atomic E-state index is 13.3. The van der Waals surface area contributed by atoms with E-state index in [1.807, 2.05) is 23.1 Å². The fourth-order valence-corrected chi connectivity index (χ4v) is 5.75. The van der Waals surface area contributed by atoms with Crippen molar-refractivity contribution in [3.63, 3.8) is 0 Å². The van der Waals surface area contributed by atoms with Crippen molar-refractivity contribution in [2.45, 2.75) is 43.7 Å². The van der Waals surface area contributed by atoms with Crippen LogP contribution in [0.4, 0.5) is 4.79 Å². The lowest BCUT2D eigenvalue weighted by molar-refractivity contribution is 0.0537. The summed E-state index contributed by atoms with van der Waals surface area (Å²) in [6.07, 6.45) is 6.25. The smallest absolute Gasteiger partial charge is 0.410 e. The first-order valence-corrected chi connectivity index (χ1v) is 11.6. The molecule has 2 aromatic carbocycles. The van der Waals surface area contributed by atoms with Crippen LogP contribution in [0.15, 0.2) is 71.2 Å². The summed E-state index contributed by atoms with van der Waals surface area (Å²) in [5.41, 5.74) is 5.96. The lowest BCUT2D eigenvalue weighted by Crippen LogP contribution is -2.51. The first-order valence-electron chi connectivity index (χ1n) is 11.6. The lowest BCUT2D eigenvalue weighted by atomic mass is 9.84. The molecule has 2 bridgehead atoms. The van der Waals surface area contributed by atoms with Crippen molar-refractivity contribution in [3.8, 4) is 11.1 Å². The normalized spacial score (nSPS) is 21.2. The molecular weight excluding hydrogens is 414 g/mol. The van der Waals surface area contributed by atoms with Crippen LogP contribution in [0.3, 0.4) is 0 Å². The van der Waals surface area contributed by atoms with Crippen LogP contribution < -0.4 is 0 Å². The lowest BCUT2D eigenvalue weighted by Gasteiger charge is -2.44. The summed E-state index contributed by atoms with van der Waals surface area (Å²) in [6, 6.07) is 20.4. The van der Waals surface area contributed by atoms with Gasteiger partial charge in [0.2, 0.25) is 0 Å². The molecule has 0 spiro atoms. The molecule has 0 N–H and O–H groups in total. The molecule has 3 heterocycles. The third-order valence-corrected chi connectivity index (χ3v) is 7.24. The number of amides is 1. The zero-order valence-electron chi connectivity index (χ0n) is 18.3. The molecule has 3 aliphatic rings.